The minimum atomic E-state index is -0.638. The van der Waals surface area contributed by atoms with Crippen molar-refractivity contribution in [2.45, 2.75) is 6.92 Å². The zero-order chi connectivity index (χ0) is 15.7. The van der Waals surface area contributed by atoms with Crippen molar-refractivity contribution >= 4 is 29.2 Å². The molecule has 0 aliphatic heterocycles. The third-order valence-electron chi connectivity index (χ3n) is 2.95. The van der Waals surface area contributed by atoms with Gasteiger partial charge in [0.25, 0.3) is 5.91 Å². The van der Waals surface area contributed by atoms with Gasteiger partial charge in [0.05, 0.1) is 23.5 Å². The van der Waals surface area contributed by atoms with Crippen molar-refractivity contribution in [1.29, 1.82) is 0 Å². The minimum Gasteiger partial charge on any atom is -0.464 e. The van der Waals surface area contributed by atoms with E-state index >= 15 is 0 Å². The van der Waals surface area contributed by atoms with E-state index in [1.807, 2.05) is 0 Å². The van der Waals surface area contributed by atoms with E-state index in [1.165, 1.54) is 22.7 Å². The molecule has 0 saturated carbocycles. The number of ether oxygens (including phenoxy) is 1. The standard InChI is InChI=1S/C12H14ClN5O3/c1-6-8(10(12(20)21-4)16-18(6)3)14-11(19)9-7(13)5-17(2)15-9/h5H,1-4H3,(H,14,19). The number of amides is 1. The van der Waals surface area contributed by atoms with Crippen LogP contribution in [0, 0.1) is 6.92 Å². The molecule has 0 unspecified atom stereocenters. The molecule has 2 rings (SSSR count). The quantitative estimate of drug-likeness (QED) is 0.859. The van der Waals surface area contributed by atoms with Crippen LogP contribution in [-0.2, 0) is 18.8 Å². The second-order valence-corrected chi connectivity index (χ2v) is 4.78. The van der Waals surface area contributed by atoms with Crippen molar-refractivity contribution in [3.63, 3.8) is 0 Å². The van der Waals surface area contributed by atoms with Gasteiger partial charge >= 0.3 is 5.97 Å². The number of hydrogen-bond donors (Lipinski definition) is 1. The molecule has 0 bridgehead atoms. The highest BCUT2D eigenvalue weighted by molar-refractivity contribution is 6.34. The number of aromatic nitrogens is 4. The average molecular weight is 312 g/mol. The van der Waals surface area contributed by atoms with E-state index in [-0.39, 0.29) is 22.1 Å². The van der Waals surface area contributed by atoms with Crippen LogP contribution in [0.1, 0.15) is 26.7 Å². The van der Waals surface area contributed by atoms with Gasteiger partial charge in [-0.05, 0) is 6.92 Å². The molecule has 0 spiro atoms. The van der Waals surface area contributed by atoms with Crippen LogP contribution in [-0.4, -0.2) is 38.5 Å². The highest BCUT2D eigenvalue weighted by atomic mass is 35.5. The Morgan fingerprint density at radius 2 is 1.95 bits per heavy atom. The van der Waals surface area contributed by atoms with Crippen molar-refractivity contribution in [2.75, 3.05) is 12.4 Å². The molecule has 0 aromatic carbocycles. The summed E-state index contributed by atoms with van der Waals surface area (Å²) < 4.78 is 7.55. The molecule has 2 aromatic rings. The summed E-state index contributed by atoms with van der Waals surface area (Å²) in [5.74, 6) is -1.16. The van der Waals surface area contributed by atoms with Crippen LogP contribution in [0.4, 0.5) is 5.69 Å². The summed E-state index contributed by atoms with van der Waals surface area (Å²) in [6, 6.07) is 0. The van der Waals surface area contributed by atoms with E-state index in [1.54, 1.807) is 21.0 Å². The Hall–Kier alpha value is -2.35. The summed E-state index contributed by atoms with van der Waals surface area (Å²) in [7, 11) is 4.55. The Morgan fingerprint density at radius 1 is 1.29 bits per heavy atom. The predicted octanol–water partition coefficient (Wildman–Crippen LogP) is 1.15. The van der Waals surface area contributed by atoms with E-state index in [2.05, 4.69) is 20.3 Å². The van der Waals surface area contributed by atoms with Crippen LogP contribution >= 0.6 is 11.6 Å². The predicted molar refractivity (Wildman–Crippen MR) is 75.5 cm³/mol. The van der Waals surface area contributed by atoms with Crippen LogP contribution in [0.3, 0.4) is 0 Å². The molecule has 21 heavy (non-hydrogen) atoms. The van der Waals surface area contributed by atoms with E-state index in [0.29, 0.717) is 5.69 Å². The molecular weight excluding hydrogens is 298 g/mol. The van der Waals surface area contributed by atoms with E-state index in [0.717, 1.165) is 0 Å². The fourth-order valence-corrected chi connectivity index (χ4v) is 2.05. The van der Waals surface area contributed by atoms with Gasteiger partial charge in [-0.15, -0.1) is 0 Å². The maximum absolute atomic E-state index is 12.2. The number of esters is 1. The average Bonchev–Trinajstić information content (AvgIpc) is 2.91. The minimum absolute atomic E-state index is 0.0258. The summed E-state index contributed by atoms with van der Waals surface area (Å²) >= 11 is 5.92. The Bertz CT molecular complexity index is 719. The van der Waals surface area contributed by atoms with E-state index in [9.17, 15) is 9.59 Å². The first kappa shape index (κ1) is 15.0. The molecule has 1 N–H and O–H groups in total. The molecule has 0 saturated heterocycles. The summed E-state index contributed by atoms with van der Waals surface area (Å²) in [4.78, 5) is 23.9. The van der Waals surface area contributed by atoms with Gasteiger partial charge in [-0.1, -0.05) is 11.6 Å². The lowest BCUT2D eigenvalue weighted by Crippen LogP contribution is -2.16. The number of halogens is 1. The molecule has 2 aromatic heterocycles. The van der Waals surface area contributed by atoms with Crippen molar-refractivity contribution in [1.82, 2.24) is 19.6 Å². The van der Waals surface area contributed by atoms with Gasteiger partial charge in [-0.3, -0.25) is 14.2 Å². The van der Waals surface area contributed by atoms with Gasteiger partial charge in [0.1, 0.15) is 0 Å². The SMILES string of the molecule is COC(=O)c1nn(C)c(C)c1NC(=O)c1nn(C)cc1Cl. The van der Waals surface area contributed by atoms with Crippen molar-refractivity contribution in [3.8, 4) is 0 Å². The van der Waals surface area contributed by atoms with Gasteiger partial charge in [0.15, 0.2) is 11.4 Å². The Morgan fingerprint density at radius 3 is 2.48 bits per heavy atom. The van der Waals surface area contributed by atoms with Crippen LogP contribution in [0.25, 0.3) is 0 Å². The molecular formula is C12H14ClN5O3. The lowest BCUT2D eigenvalue weighted by Gasteiger charge is -2.04. The topological polar surface area (TPSA) is 91.0 Å². The van der Waals surface area contributed by atoms with Crippen LogP contribution in [0.5, 0.6) is 0 Å². The zero-order valence-electron chi connectivity index (χ0n) is 12.0. The third kappa shape index (κ3) is 2.75. The summed E-state index contributed by atoms with van der Waals surface area (Å²) in [6.07, 6.45) is 1.51. The summed E-state index contributed by atoms with van der Waals surface area (Å²) in [5, 5.41) is 10.8. The lowest BCUT2D eigenvalue weighted by atomic mass is 10.2. The van der Waals surface area contributed by atoms with Crippen LogP contribution < -0.4 is 5.32 Å². The third-order valence-corrected chi connectivity index (χ3v) is 3.23. The van der Waals surface area contributed by atoms with Crippen LogP contribution in [0.2, 0.25) is 5.02 Å². The fourth-order valence-electron chi connectivity index (χ4n) is 1.78. The Labute approximate surface area is 125 Å². The second kappa shape index (κ2) is 5.57. The number of carbonyl (C=O) groups is 2. The van der Waals surface area contributed by atoms with Gasteiger partial charge in [-0.25, -0.2) is 4.79 Å². The molecule has 0 radical (unpaired) electrons. The Balaban J connectivity index is 2.37. The molecule has 1 amide bonds. The molecule has 8 nitrogen and oxygen atoms in total. The van der Waals surface area contributed by atoms with Crippen molar-refractivity contribution in [2.24, 2.45) is 14.1 Å². The highest BCUT2D eigenvalue weighted by Gasteiger charge is 2.24. The number of aryl methyl sites for hydroxylation is 2. The van der Waals surface area contributed by atoms with E-state index in [4.69, 9.17) is 11.6 Å². The van der Waals surface area contributed by atoms with Gasteiger partial charge in [0.2, 0.25) is 0 Å². The number of rotatable bonds is 3. The largest absolute Gasteiger partial charge is 0.464 e. The van der Waals surface area contributed by atoms with Gasteiger partial charge < -0.3 is 10.1 Å². The fraction of sp³-hybridized carbons (Fsp3) is 0.333. The molecule has 112 valence electrons. The number of anilines is 1. The number of carbonyl (C=O) groups excluding carboxylic acids is 2. The number of nitrogens with zero attached hydrogens (tertiary/aromatic N) is 4. The number of hydrogen-bond acceptors (Lipinski definition) is 5. The van der Waals surface area contributed by atoms with Gasteiger partial charge in [-0.2, -0.15) is 10.2 Å². The molecule has 9 heteroatoms. The van der Waals surface area contributed by atoms with Crippen LogP contribution in [0.15, 0.2) is 6.20 Å². The maximum Gasteiger partial charge on any atom is 0.360 e. The maximum atomic E-state index is 12.2. The Kier molecular flexibility index (Phi) is 3.99. The molecule has 0 atom stereocenters. The second-order valence-electron chi connectivity index (χ2n) is 4.38. The first-order valence-corrected chi connectivity index (χ1v) is 6.35. The summed E-state index contributed by atoms with van der Waals surface area (Å²) in [5.41, 5.74) is 0.975. The first-order valence-electron chi connectivity index (χ1n) is 5.97. The van der Waals surface area contributed by atoms with Crippen molar-refractivity contribution in [3.05, 3.63) is 28.3 Å². The van der Waals surface area contributed by atoms with Gasteiger partial charge in [0, 0.05) is 20.3 Å². The first-order chi connectivity index (χ1) is 9.85. The molecule has 2 heterocycles. The smallest absolute Gasteiger partial charge is 0.360 e. The lowest BCUT2D eigenvalue weighted by molar-refractivity contribution is 0.0594. The molecule has 0 aliphatic rings. The molecule has 0 fully saturated rings. The summed E-state index contributed by atoms with van der Waals surface area (Å²) in [6.45, 7) is 1.72. The molecule has 0 aliphatic carbocycles. The van der Waals surface area contributed by atoms with E-state index < -0.39 is 11.9 Å². The highest BCUT2D eigenvalue weighted by Crippen LogP contribution is 2.22. The number of nitrogens with one attached hydrogen (secondary N) is 1. The zero-order valence-corrected chi connectivity index (χ0v) is 12.7. The number of methoxy groups -OCH3 is 1. The normalized spacial score (nSPS) is 10.5. The van der Waals surface area contributed by atoms with Crippen molar-refractivity contribution < 1.29 is 14.3 Å². The monoisotopic (exact) mass is 311 g/mol.